The van der Waals surface area contributed by atoms with E-state index in [1.165, 1.54) is 9.75 Å². The second kappa shape index (κ2) is 6.31. The summed E-state index contributed by atoms with van der Waals surface area (Å²) in [5, 5.41) is 3.22. The van der Waals surface area contributed by atoms with Gasteiger partial charge in [0.2, 0.25) is 0 Å². The third kappa shape index (κ3) is 2.91. The Balaban J connectivity index is 2.19. The first-order valence-electron chi connectivity index (χ1n) is 6.24. The number of hydrogen-bond acceptors (Lipinski definition) is 5. The fraction of sp³-hybridized carbons (Fsp3) is 0.462. The molecule has 0 aliphatic rings. The van der Waals surface area contributed by atoms with E-state index in [0.717, 1.165) is 30.3 Å². The van der Waals surface area contributed by atoms with Gasteiger partial charge in [-0.15, -0.1) is 22.7 Å². The zero-order chi connectivity index (χ0) is 13.0. The molecule has 0 radical (unpaired) electrons. The Morgan fingerprint density at radius 2 is 2.22 bits per heavy atom. The molecule has 2 heterocycles. The number of nitrogens with zero attached hydrogens (tertiary/aromatic N) is 2. The van der Waals surface area contributed by atoms with Gasteiger partial charge < -0.3 is 10.6 Å². The lowest BCUT2D eigenvalue weighted by Crippen LogP contribution is -2.21. The standard InChI is InChI=1S/C13H19N3S2/c1-3-11-12(8-14)18-13(15-11)16(4-2)9-10-6-5-7-17-10/h5-7H,3-4,8-9,14H2,1-2H3. The molecule has 18 heavy (non-hydrogen) atoms. The van der Waals surface area contributed by atoms with Crippen LogP contribution in [0.25, 0.3) is 0 Å². The van der Waals surface area contributed by atoms with E-state index in [1.807, 2.05) is 0 Å². The zero-order valence-electron chi connectivity index (χ0n) is 10.8. The third-order valence-electron chi connectivity index (χ3n) is 2.87. The third-order valence-corrected chi connectivity index (χ3v) is 4.91. The van der Waals surface area contributed by atoms with Crippen LogP contribution in [0.3, 0.4) is 0 Å². The fourth-order valence-corrected chi connectivity index (χ4v) is 3.66. The Morgan fingerprint density at radius 3 is 2.72 bits per heavy atom. The molecule has 0 aliphatic heterocycles. The molecule has 0 fully saturated rings. The maximum absolute atomic E-state index is 5.77. The lowest BCUT2D eigenvalue weighted by Gasteiger charge is -2.18. The summed E-state index contributed by atoms with van der Waals surface area (Å²) in [5.74, 6) is 0. The Morgan fingerprint density at radius 1 is 1.39 bits per heavy atom. The second-order valence-electron chi connectivity index (χ2n) is 4.02. The molecule has 0 bridgehead atoms. The van der Waals surface area contributed by atoms with E-state index in [1.54, 1.807) is 22.7 Å². The molecule has 98 valence electrons. The van der Waals surface area contributed by atoms with E-state index in [9.17, 15) is 0 Å². The number of thiazole rings is 1. The van der Waals surface area contributed by atoms with Crippen molar-refractivity contribution in [1.82, 2.24) is 4.98 Å². The summed E-state index contributed by atoms with van der Waals surface area (Å²) in [6.07, 6.45) is 0.958. The van der Waals surface area contributed by atoms with Gasteiger partial charge in [-0.1, -0.05) is 13.0 Å². The average Bonchev–Trinajstić information content (AvgIpc) is 3.04. The Bertz CT molecular complexity index is 455. The summed E-state index contributed by atoms with van der Waals surface area (Å²) in [6.45, 7) is 6.81. The van der Waals surface area contributed by atoms with Crippen molar-refractivity contribution in [1.29, 1.82) is 0 Å². The van der Waals surface area contributed by atoms with Crippen molar-refractivity contribution in [3.05, 3.63) is 33.0 Å². The predicted octanol–water partition coefficient (Wildman–Crippen LogP) is 3.25. The van der Waals surface area contributed by atoms with Crippen molar-refractivity contribution in [3.63, 3.8) is 0 Å². The van der Waals surface area contributed by atoms with E-state index < -0.39 is 0 Å². The van der Waals surface area contributed by atoms with Gasteiger partial charge in [0.05, 0.1) is 12.2 Å². The average molecular weight is 281 g/mol. The summed E-state index contributed by atoms with van der Waals surface area (Å²) in [4.78, 5) is 9.63. The first kappa shape index (κ1) is 13.5. The van der Waals surface area contributed by atoms with Crippen LogP contribution in [0.4, 0.5) is 5.13 Å². The fourth-order valence-electron chi connectivity index (χ4n) is 1.85. The number of hydrogen-bond donors (Lipinski definition) is 1. The molecular weight excluding hydrogens is 262 g/mol. The Labute approximate surface area is 116 Å². The van der Waals surface area contributed by atoms with E-state index in [-0.39, 0.29) is 0 Å². The summed E-state index contributed by atoms with van der Waals surface area (Å²) in [5.41, 5.74) is 6.93. The molecular formula is C13H19N3S2. The molecule has 0 unspecified atom stereocenters. The topological polar surface area (TPSA) is 42.2 Å². The highest BCUT2D eigenvalue weighted by Crippen LogP contribution is 2.28. The maximum Gasteiger partial charge on any atom is 0.186 e. The van der Waals surface area contributed by atoms with Gasteiger partial charge in [0.1, 0.15) is 0 Å². The number of aromatic nitrogens is 1. The van der Waals surface area contributed by atoms with Crippen molar-refractivity contribution < 1.29 is 0 Å². The van der Waals surface area contributed by atoms with Crippen LogP contribution >= 0.6 is 22.7 Å². The molecule has 0 aromatic carbocycles. The summed E-state index contributed by atoms with van der Waals surface area (Å²) >= 11 is 3.53. The SMILES string of the molecule is CCc1nc(N(CC)Cc2cccs2)sc1CN. The van der Waals surface area contributed by atoms with E-state index >= 15 is 0 Å². The molecule has 2 aromatic heterocycles. The smallest absolute Gasteiger partial charge is 0.186 e. The van der Waals surface area contributed by atoms with Crippen LogP contribution in [0.1, 0.15) is 29.3 Å². The number of anilines is 1. The molecule has 5 heteroatoms. The lowest BCUT2D eigenvalue weighted by atomic mass is 10.3. The van der Waals surface area contributed by atoms with Crippen molar-refractivity contribution >= 4 is 27.8 Å². The van der Waals surface area contributed by atoms with Crippen LogP contribution in [0.15, 0.2) is 17.5 Å². The Kier molecular flexibility index (Phi) is 4.74. The number of nitrogens with two attached hydrogens (primary N) is 1. The number of aryl methyl sites for hydroxylation is 1. The van der Waals surface area contributed by atoms with Gasteiger partial charge >= 0.3 is 0 Å². The van der Waals surface area contributed by atoms with E-state index in [4.69, 9.17) is 10.7 Å². The quantitative estimate of drug-likeness (QED) is 0.883. The van der Waals surface area contributed by atoms with Crippen molar-refractivity contribution in [2.75, 3.05) is 11.4 Å². The second-order valence-corrected chi connectivity index (χ2v) is 6.11. The monoisotopic (exact) mass is 281 g/mol. The molecule has 0 atom stereocenters. The van der Waals surface area contributed by atoms with Gasteiger partial charge in [-0.05, 0) is 24.8 Å². The molecule has 0 saturated heterocycles. The number of thiophene rings is 1. The highest BCUT2D eigenvalue weighted by atomic mass is 32.1. The van der Waals surface area contributed by atoms with Gasteiger partial charge in [-0.3, -0.25) is 0 Å². The molecule has 0 aliphatic carbocycles. The van der Waals surface area contributed by atoms with Crippen LogP contribution in [-0.2, 0) is 19.5 Å². The summed E-state index contributed by atoms with van der Waals surface area (Å²) in [6, 6.07) is 4.27. The number of rotatable bonds is 6. The molecule has 2 aromatic rings. The van der Waals surface area contributed by atoms with Crippen LogP contribution in [0, 0.1) is 0 Å². The van der Waals surface area contributed by atoms with Crippen molar-refractivity contribution in [2.45, 2.75) is 33.4 Å². The molecule has 0 amide bonds. The lowest BCUT2D eigenvalue weighted by molar-refractivity contribution is 0.830. The van der Waals surface area contributed by atoms with E-state index in [2.05, 4.69) is 36.3 Å². The largest absolute Gasteiger partial charge is 0.343 e. The van der Waals surface area contributed by atoms with Crippen molar-refractivity contribution in [3.8, 4) is 0 Å². The van der Waals surface area contributed by atoms with Crippen molar-refractivity contribution in [2.24, 2.45) is 5.73 Å². The van der Waals surface area contributed by atoms with Crippen LogP contribution in [0.2, 0.25) is 0 Å². The first-order valence-corrected chi connectivity index (χ1v) is 7.94. The first-order chi connectivity index (χ1) is 8.78. The molecule has 0 saturated carbocycles. The molecule has 3 nitrogen and oxygen atoms in total. The minimum Gasteiger partial charge on any atom is -0.343 e. The van der Waals surface area contributed by atoms with Crippen LogP contribution in [0.5, 0.6) is 0 Å². The molecule has 2 rings (SSSR count). The molecule has 2 N–H and O–H groups in total. The normalized spacial score (nSPS) is 10.8. The highest BCUT2D eigenvalue weighted by Gasteiger charge is 2.14. The zero-order valence-corrected chi connectivity index (χ0v) is 12.5. The summed E-state index contributed by atoms with van der Waals surface area (Å²) < 4.78 is 0. The Hall–Kier alpha value is -0.910. The van der Waals surface area contributed by atoms with E-state index in [0.29, 0.717) is 6.54 Å². The maximum atomic E-state index is 5.77. The van der Waals surface area contributed by atoms with Gasteiger partial charge in [0.25, 0.3) is 0 Å². The van der Waals surface area contributed by atoms with Crippen LogP contribution < -0.4 is 10.6 Å². The van der Waals surface area contributed by atoms with Gasteiger partial charge in [0.15, 0.2) is 5.13 Å². The predicted molar refractivity (Wildman–Crippen MR) is 80.4 cm³/mol. The van der Waals surface area contributed by atoms with Crippen LogP contribution in [-0.4, -0.2) is 11.5 Å². The molecule has 0 spiro atoms. The van der Waals surface area contributed by atoms with Gasteiger partial charge in [-0.25, -0.2) is 4.98 Å². The minimum absolute atomic E-state index is 0.595. The minimum atomic E-state index is 0.595. The van der Waals surface area contributed by atoms with Gasteiger partial charge in [0, 0.05) is 22.8 Å². The summed E-state index contributed by atoms with van der Waals surface area (Å²) in [7, 11) is 0. The highest BCUT2D eigenvalue weighted by molar-refractivity contribution is 7.15. The van der Waals surface area contributed by atoms with Gasteiger partial charge in [-0.2, -0.15) is 0 Å².